The molecule has 3 aromatic carbocycles. The second-order valence-electron chi connectivity index (χ2n) is 11.5. The number of methoxy groups -OCH3 is 1. The number of amides is 1. The summed E-state index contributed by atoms with van der Waals surface area (Å²) in [6, 6.07) is 22.3. The van der Waals surface area contributed by atoms with Gasteiger partial charge in [-0.25, -0.2) is 9.97 Å². The number of aromatic nitrogens is 3. The van der Waals surface area contributed by atoms with Gasteiger partial charge < -0.3 is 30.8 Å². The fourth-order valence-corrected chi connectivity index (χ4v) is 5.91. The van der Waals surface area contributed by atoms with Gasteiger partial charge in [0.05, 0.1) is 23.7 Å². The Kier molecular flexibility index (Phi) is 9.83. The molecule has 1 aliphatic heterocycles. The maximum atomic E-state index is 13.2. The Morgan fingerprint density at radius 2 is 1.88 bits per heavy atom. The predicted octanol–water partition coefficient (Wildman–Crippen LogP) is 5.96. The van der Waals surface area contributed by atoms with Gasteiger partial charge in [0.25, 0.3) is 5.91 Å². The second kappa shape index (κ2) is 14.7. The van der Waals surface area contributed by atoms with Crippen LogP contribution in [0.1, 0.15) is 15.9 Å². The lowest BCUT2D eigenvalue weighted by Crippen LogP contribution is -2.46. The molecule has 10 heteroatoms. The summed E-state index contributed by atoms with van der Waals surface area (Å²) >= 11 is 0. The van der Waals surface area contributed by atoms with Crippen LogP contribution in [0.4, 0.5) is 5.69 Å². The van der Waals surface area contributed by atoms with Gasteiger partial charge in [0.1, 0.15) is 11.6 Å². The molecule has 0 unspecified atom stereocenters. The number of aromatic amines is 1. The first-order valence-electron chi connectivity index (χ1n) is 15.9. The van der Waals surface area contributed by atoms with Crippen molar-refractivity contribution in [3.8, 4) is 34.1 Å². The van der Waals surface area contributed by atoms with Crippen LogP contribution in [0.15, 0.2) is 116 Å². The third kappa shape index (κ3) is 7.24. The molecule has 0 radical (unpaired) electrons. The van der Waals surface area contributed by atoms with Gasteiger partial charge in [0, 0.05) is 61.4 Å². The number of carbonyl (C=O) groups is 1. The van der Waals surface area contributed by atoms with Gasteiger partial charge in [0.2, 0.25) is 5.88 Å². The first-order valence-corrected chi connectivity index (χ1v) is 15.9. The zero-order valence-electron chi connectivity index (χ0n) is 26.9. The molecule has 1 aliphatic rings. The summed E-state index contributed by atoms with van der Waals surface area (Å²) in [4.78, 5) is 30.2. The van der Waals surface area contributed by atoms with Gasteiger partial charge in [-0.3, -0.25) is 9.69 Å². The molecule has 0 atom stereocenters. The van der Waals surface area contributed by atoms with Crippen LogP contribution < -0.4 is 15.8 Å². The van der Waals surface area contributed by atoms with Crippen LogP contribution in [0.2, 0.25) is 0 Å². The number of allylic oxidation sites excluding steroid dienone is 3. The lowest BCUT2D eigenvalue weighted by Gasteiger charge is -2.36. The molecule has 0 spiro atoms. The van der Waals surface area contributed by atoms with Crippen molar-refractivity contribution in [1.82, 2.24) is 24.8 Å². The highest BCUT2D eigenvalue weighted by Gasteiger charge is 2.18. The number of carbonyl (C=O) groups excluding carboxylic acids is 1. The molecule has 3 heterocycles. The Morgan fingerprint density at radius 1 is 1.06 bits per heavy atom. The molecule has 1 amide bonds. The quantitative estimate of drug-likeness (QED) is 0.130. The van der Waals surface area contributed by atoms with E-state index in [9.17, 15) is 9.90 Å². The number of aromatic hydroxyl groups is 1. The average molecular weight is 642 g/mol. The van der Waals surface area contributed by atoms with Crippen LogP contribution in [-0.4, -0.2) is 75.6 Å². The van der Waals surface area contributed by atoms with Gasteiger partial charge >= 0.3 is 0 Å². The van der Waals surface area contributed by atoms with Gasteiger partial charge in [-0.15, -0.1) is 0 Å². The minimum Gasteiger partial charge on any atom is -0.507 e. The molecule has 244 valence electrons. The molecule has 0 bridgehead atoms. The number of rotatable bonds is 11. The van der Waals surface area contributed by atoms with Gasteiger partial charge in [-0.05, 0) is 90.5 Å². The van der Waals surface area contributed by atoms with Crippen LogP contribution in [-0.2, 0) is 6.42 Å². The summed E-state index contributed by atoms with van der Waals surface area (Å²) in [5.41, 5.74) is 12.6. The number of anilines is 1. The van der Waals surface area contributed by atoms with Crippen molar-refractivity contribution in [1.29, 1.82) is 0 Å². The molecule has 10 nitrogen and oxygen atoms in total. The number of nitrogens with zero attached hydrogens (tertiary/aromatic N) is 4. The number of benzene rings is 3. The van der Waals surface area contributed by atoms with Crippen molar-refractivity contribution >= 4 is 22.6 Å². The molecule has 6 rings (SSSR count). The molecule has 1 fully saturated rings. The van der Waals surface area contributed by atoms with Gasteiger partial charge in [-0.2, -0.15) is 0 Å². The van der Waals surface area contributed by atoms with Gasteiger partial charge in [-0.1, -0.05) is 30.9 Å². The minimum absolute atomic E-state index is 0.0795. The van der Waals surface area contributed by atoms with Crippen LogP contribution >= 0.6 is 0 Å². The summed E-state index contributed by atoms with van der Waals surface area (Å²) in [5, 5.41) is 13.7. The summed E-state index contributed by atoms with van der Waals surface area (Å²) < 4.78 is 5.42. The Balaban J connectivity index is 1.07. The molecule has 1 saturated heterocycles. The maximum absolute atomic E-state index is 13.2. The number of phenols is 1. The minimum atomic E-state index is -0.221. The number of phenolic OH excluding ortho intramolecular Hbond substituents is 1. The van der Waals surface area contributed by atoms with E-state index in [1.807, 2.05) is 42.5 Å². The van der Waals surface area contributed by atoms with Crippen molar-refractivity contribution in [3.05, 3.63) is 127 Å². The number of fused-ring (bicyclic) bond motifs is 1. The van der Waals surface area contributed by atoms with E-state index in [2.05, 4.69) is 48.8 Å². The molecule has 5 N–H and O–H groups in total. The number of nitrogens with two attached hydrogens (primary N) is 1. The van der Waals surface area contributed by atoms with Crippen molar-refractivity contribution in [3.63, 3.8) is 0 Å². The van der Waals surface area contributed by atoms with Crippen molar-refractivity contribution in [2.75, 3.05) is 45.2 Å². The first-order chi connectivity index (χ1) is 23.4. The standard InChI is InChI=1S/C38H39N7O3/c1-3-5-30(15-17-39)45-22-20-44(21-23-45)19-16-26-7-11-29(12-8-26)41-37(47)28-9-13-33-34(25-28)43-36(42-33)32-24-27(10-14-35(32)46)31-6-4-18-40-38(31)48-2/h3-15,17-18,24-25,46H,1,16,19-23,39H2,2H3,(H,41,47)(H,42,43)/b17-15-,30-5+. The number of ether oxygens (including phenoxy) is 1. The lowest BCUT2D eigenvalue weighted by atomic mass is 10.0. The number of pyridine rings is 1. The molecule has 5 aromatic rings. The normalized spacial score (nSPS) is 14.0. The monoisotopic (exact) mass is 641 g/mol. The third-order valence-corrected chi connectivity index (χ3v) is 8.49. The highest BCUT2D eigenvalue weighted by atomic mass is 16.5. The van der Waals surface area contributed by atoms with E-state index >= 15 is 0 Å². The van der Waals surface area contributed by atoms with Crippen molar-refractivity contribution < 1.29 is 14.6 Å². The number of H-pyrrole nitrogens is 1. The van der Waals surface area contributed by atoms with E-state index in [1.165, 1.54) is 5.56 Å². The molecular weight excluding hydrogens is 602 g/mol. The molecule has 0 aliphatic carbocycles. The van der Waals surface area contributed by atoms with Crippen molar-refractivity contribution in [2.45, 2.75) is 6.42 Å². The van der Waals surface area contributed by atoms with E-state index < -0.39 is 0 Å². The number of hydrogen-bond donors (Lipinski definition) is 4. The first kappa shape index (κ1) is 32.1. The summed E-state index contributed by atoms with van der Waals surface area (Å²) in [6.07, 6.45) is 9.86. The fourth-order valence-electron chi connectivity index (χ4n) is 5.91. The molecule has 0 saturated carbocycles. The Morgan fingerprint density at radius 3 is 2.62 bits per heavy atom. The topological polar surface area (TPSA) is 133 Å². The number of nitrogens with one attached hydrogen (secondary N) is 2. The highest BCUT2D eigenvalue weighted by Crippen LogP contribution is 2.35. The van der Waals surface area contributed by atoms with E-state index in [-0.39, 0.29) is 11.7 Å². The van der Waals surface area contributed by atoms with Crippen molar-refractivity contribution in [2.24, 2.45) is 5.73 Å². The summed E-state index contributed by atoms with van der Waals surface area (Å²) in [7, 11) is 1.57. The second-order valence-corrected chi connectivity index (χ2v) is 11.5. The highest BCUT2D eigenvalue weighted by molar-refractivity contribution is 6.06. The average Bonchev–Trinajstić information content (AvgIpc) is 3.55. The van der Waals surface area contributed by atoms with E-state index in [1.54, 1.807) is 55.9 Å². The summed E-state index contributed by atoms with van der Waals surface area (Å²) in [6.45, 7) is 8.63. The number of piperazine rings is 1. The van der Waals surface area contributed by atoms with E-state index in [4.69, 9.17) is 10.5 Å². The van der Waals surface area contributed by atoms with Gasteiger partial charge in [0.15, 0.2) is 0 Å². The van der Waals surface area contributed by atoms with E-state index in [0.29, 0.717) is 33.9 Å². The lowest BCUT2D eigenvalue weighted by molar-refractivity contribution is 0.102. The Hall–Kier alpha value is -5.87. The van der Waals surface area contributed by atoms with Crippen LogP contribution in [0.3, 0.4) is 0 Å². The maximum Gasteiger partial charge on any atom is 0.255 e. The van der Waals surface area contributed by atoms with Crippen LogP contribution in [0, 0.1) is 0 Å². The molecule has 48 heavy (non-hydrogen) atoms. The van der Waals surface area contributed by atoms with Crippen LogP contribution in [0.5, 0.6) is 11.6 Å². The largest absolute Gasteiger partial charge is 0.507 e. The number of imidazole rings is 1. The fraction of sp³-hybridized carbons (Fsp3) is 0.184. The van der Waals surface area contributed by atoms with E-state index in [0.717, 1.165) is 61.7 Å². The Bertz CT molecular complexity index is 1970. The number of hydrogen-bond acceptors (Lipinski definition) is 8. The smallest absolute Gasteiger partial charge is 0.255 e. The zero-order chi connectivity index (χ0) is 33.5. The molecule has 2 aromatic heterocycles. The Labute approximate surface area is 279 Å². The molecular formula is C38H39N7O3. The third-order valence-electron chi connectivity index (χ3n) is 8.49. The SMILES string of the molecule is C=C/C=C(\C=C/N)N1CCN(CCc2ccc(NC(=O)c3ccc4nc(-c5cc(-c6cccnc6OC)ccc5O)[nH]c4c3)cc2)CC1. The predicted molar refractivity (Wildman–Crippen MR) is 191 cm³/mol. The summed E-state index contributed by atoms with van der Waals surface area (Å²) in [5.74, 6) is 0.833. The zero-order valence-corrected chi connectivity index (χ0v) is 26.9. The van der Waals surface area contributed by atoms with Crippen LogP contribution in [0.25, 0.3) is 33.5 Å².